The van der Waals surface area contributed by atoms with Crippen LogP contribution in [0.25, 0.3) is 17.1 Å². The van der Waals surface area contributed by atoms with Crippen LogP contribution in [0.3, 0.4) is 0 Å². The number of anilines is 1. The molecule has 1 aromatic heterocycles. The van der Waals surface area contributed by atoms with E-state index in [2.05, 4.69) is 15.5 Å². The van der Waals surface area contributed by atoms with Gasteiger partial charge in [-0.2, -0.15) is 0 Å². The van der Waals surface area contributed by atoms with Crippen molar-refractivity contribution < 1.29 is 4.79 Å². The lowest BCUT2D eigenvalue weighted by Gasteiger charge is -2.11. The normalized spacial score (nSPS) is 10.7. The largest absolute Gasteiger partial charge is 0.325 e. The van der Waals surface area contributed by atoms with E-state index in [1.807, 2.05) is 59.2 Å². The molecular weight excluding hydrogens is 439 g/mol. The molecule has 0 unspecified atom stereocenters. The van der Waals surface area contributed by atoms with Gasteiger partial charge in [0.25, 0.3) is 0 Å². The average Bonchev–Trinajstić information content (AvgIpc) is 3.17. The van der Waals surface area contributed by atoms with Crippen LogP contribution in [0.4, 0.5) is 5.69 Å². The molecule has 1 N–H and O–H groups in total. The summed E-state index contributed by atoms with van der Waals surface area (Å²) in [6.07, 6.45) is 0. The highest BCUT2D eigenvalue weighted by Crippen LogP contribution is 2.28. The fourth-order valence-corrected chi connectivity index (χ4v) is 3.92. The van der Waals surface area contributed by atoms with Crippen LogP contribution in [-0.4, -0.2) is 26.4 Å². The first-order valence-electron chi connectivity index (χ1n) is 9.05. The fourth-order valence-electron chi connectivity index (χ4n) is 2.85. The Morgan fingerprint density at radius 2 is 1.67 bits per heavy atom. The van der Waals surface area contributed by atoms with Gasteiger partial charge in [-0.3, -0.25) is 9.36 Å². The number of nitrogens with zero attached hydrogens (tertiary/aromatic N) is 3. The predicted octanol–water partition coefficient (Wildman–Crippen LogP) is 5.97. The van der Waals surface area contributed by atoms with Crippen molar-refractivity contribution in [2.75, 3.05) is 11.1 Å². The van der Waals surface area contributed by atoms with E-state index in [9.17, 15) is 4.79 Å². The van der Waals surface area contributed by atoms with Crippen molar-refractivity contribution in [2.45, 2.75) is 5.16 Å². The molecule has 5 nitrogen and oxygen atoms in total. The summed E-state index contributed by atoms with van der Waals surface area (Å²) in [4.78, 5) is 12.4. The van der Waals surface area contributed by atoms with Crippen LogP contribution in [0.5, 0.6) is 0 Å². The van der Waals surface area contributed by atoms with Crippen LogP contribution in [0.15, 0.2) is 84.0 Å². The Labute approximate surface area is 188 Å². The van der Waals surface area contributed by atoms with Gasteiger partial charge in [0, 0.05) is 27.0 Å². The molecule has 0 saturated heterocycles. The summed E-state index contributed by atoms with van der Waals surface area (Å²) in [6.45, 7) is 0. The lowest BCUT2D eigenvalue weighted by Crippen LogP contribution is -2.14. The predicted molar refractivity (Wildman–Crippen MR) is 123 cm³/mol. The van der Waals surface area contributed by atoms with Crippen LogP contribution in [0, 0.1) is 0 Å². The quantitative estimate of drug-likeness (QED) is 0.364. The zero-order valence-electron chi connectivity index (χ0n) is 15.6. The molecule has 0 bridgehead atoms. The highest BCUT2D eigenvalue weighted by Gasteiger charge is 2.17. The van der Waals surface area contributed by atoms with Crippen molar-refractivity contribution in [3.63, 3.8) is 0 Å². The second-order valence-electron chi connectivity index (χ2n) is 6.33. The first kappa shape index (κ1) is 20.5. The fraction of sp³-hybridized carbons (Fsp3) is 0.0455. The summed E-state index contributed by atoms with van der Waals surface area (Å²) < 4.78 is 1.92. The number of thioether (sulfide) groups is 1. The van der Waals surface area contributed by atoms with Crippen molar-refractivity contribution in [1.82, 2.24) is 14.8 Å². The third kappa shape index (κ3) is 4.84. The molecule has 30 heavy (non-hydrogen) atoms. The summed E-state index contributed by atoms with van der Waals surface area (Å²) in [6, 6.07) is 24.2. The highest BCUT2D eigenvalue weighted by molar-refractivity contribution is 7.99. The van der Waals surface area contributed by atoms with Gasteiger partial charge in [-0.1, -0.05) is 71.4 Å². The summed E-state index contributed by atoms with van der Waals surface area (Å²) in [5.41, 5.74) is 2.44. The van der Waals surface area contributed by atoms with Gasteiger partial charge >= 0.3 is 0 Å². The molecule has 3 aromatic carbocycles. The van der Waals surface area contributed by atoms with Crippen LogP contribution >= 0.6 is 35.0 Å². The Balaban J connectivity index is 1.59. The number of rotatable bonds is 6. The molecule has 0 fully saturated rings. The Hall–Kier alpha value is -2.80. The molecule has 8 heteroatoms. The molecule has 0 aliphatic carbocycles. The zero-order valence-corrected chi connectivity index (χ0v) is 18.0. The monoisotopic (exact) mass is 454 g/mol. The van der Waals surface area contributed by atoms with E-state index in [-0.39, 0.29) is 11.7 Å². The number of nitrogens with one attached hydrogen (secondary N) is 1. The molecule has 4 aromatic rings. The highest BCUT2D eigenvalue weighted by atomic mass is 35.5. The average molecular weight is 455 g/mol. The number of amides is 1. The van der Waals surface area contributed by atoms with Gasteiger partial charge in [0.2, 0.25) is 5.91 Å². The van der Waals surface area contributed by atoms with E-state index in [4.69, 9.17) is 23.2 Å². The van der Waals surface area contributed by atoms with E-state index in [1.165, 1.54) is 11.8 Å². The summed E-state index contributed by atoms with van der Waals surface area (Å²) in [5.74, 6) is 0.706. The maximum atomic E-state index is 12.4. The molecule has 0 radical (unpaired) electrons. The first-order valence-corrected chi connectivity index (χ1v) is 10.8. The number of hydrogen-bond donors (Lipinski definition) is 1. The van der Waals surface area contributed by atoms with Gasteiger partial charge < -0.3 is 5.32 Å². The summed E-state index contributed by atoms with van der Waals surface area (Å²) in [5, 5.41) is 13.3. The lowest BCUT2D eigenvalue weighted by molar-refractivity contribution is -0.113. The second-order valence-corrected chi connectivity index (χ2v) is 8.15. The zero-order chi connectivity index (χ0) is 20.9. The van der Waals surface area contributed by atoms with Gasteiger partial charge in [0.1, 0.15) is 0 Å². The third-order valence-corrected chi connectivity index (χ3v) is 5.61. The molecule has 150 valence electrons. The maximum Gasteiger partial charge on any atom is 0.234 e. The molecule has 0 aliphatic rings. The minimum absolute atomic E-state index is 0.158. The van der Waals surface area contributed by atoms with Crippen LogP contribution < -0.4 is 5.32 Å². The minimum atomic E-state index is -0.158. The van der Waals surface area contributed by atoms with E-state index in [1.54, 1.807) is 24.3 Å². The molecular formula is C22H16Cl2N4OS. The Morgan fingerprint density at radius 1 is 0.900 bits per heavy atom. The van der Waals surface area contributed by atoms with Crippen LogP contribution in [0.2, 0.25) is 10.0 Å². The van der Waals surface area contributed by atoms with Gasteiger partial charge in [0.15, 0.2) is 11.0 Å². The molecule has 1 amide bonds. The minimum Gasteiger partial charge on any atom is -0.325 e. The van der Waals surface area contributed by atoms with E-state index in [0.29, 0.717) is 26.7 Å². The van der Waals surface area contributed by atoms with Crippen molar-refractivity contribution in [2.24, 2.45) is 0 Å². The number of benzene rings is 3. The van der Waals surface area contributed by atoms with Crippen molar-refractivity contribution in [3.8, 4) is 17.1 Å². The van der Waals surface area contributed by atoms with Crippen molar-refractivity contribution in [3.05, 3.63) is 88.9 Å². The van der Waals surface area contributed by atoms with E-state index >= 15 is 0 Å². The Bertz CT molecular complexity index is 1160. The first-order chi connectivity index (χ1) is 14.6. The third-order valence-electron chi connectivity index (χ3n) is 4.19. The maximum absolute atomic E-state index is 12.4. The van der Waals surface area contributed by atoms with Crippen LogP contribution in [0.1, 0.15) is 0 Å². The number of hydrogen-bond acceptors (Lipinski definition) is 4. The van der Waals surface area contributed by atoms with Gasteiger partial charge in [-0.05, 0) is 42.5 Å². The molecule has 0 saturated carbocycles. The van der Waals surface area contributed by atoms with Crippen LogP contribution in [-0.2, 0) is 4.79 Å². The van der Waals surface area contributed by atoms with Crippen molar-refractivity contribution >= 4 is 46.6 Å². The SMILES string of the molecule is O=C(CSc1nnc(-c2ccccc2)n1-c1ccc(Cl)cc1)Nc1cccc(Cl)c1. The van der Waals surface area contributed by atoms with E-state index < -0.39 is 0 Å². The molecule has 0 atom stereocenters. The van der Waals surface area contributed by atoms with Gasteiger partial charge in [-0.25, -0.2) is 0 Å². The Morgan fingerprint density at radius 3 is 2.40 bits per heavy atom. The smallest absolute Gasteiger partial charge is 0.234 e. The van der Waals surface area contributed by atoms with Gasteiger partial charge in [-0.15, -0.1) is 10.2 Å². The number of aromatic nitrogens is 3. The summed E-state index contributed by atoms with van der Waals surface area (Å²) >= 11 is 13.3. The summed E-state index contributed by atoms with van der Waals surface area (Å²) in [7, 11) is 0. The second kappa shape index (κ2) is 9.34. The van der Waals surface area contributed by atoms with Gasteiger partial charge in [0.05, 0.1) is 5.75 Å². The Kier molecular flexibility index (Phi) is 6.38. The van der Waals surface area contributed by atoms with E-state index in [0.717, 1.165) is 11.3 Å². The number of carbonyl (C=O) groups is 1. The number of halogens is 2. The lowest BCUT2D eigenvalue weighted by atomic mass is 10.2. The van der Waals surface area contributed by atoms with Crippen molar-refractivity contribution in [1.29, 1.82) is 0 Å². The molecule has 0 aliphatic heterocycles. The number of carbonyl (C=O) groups excluding carboxylic acids is 1. The molecule has 4 rings (SSSR count). The topological polar surface area (TPSA) is 59.8 Å². The molecule has 1 heterocycles. The molecule has 0 spiro atoms. The standard InChI is InChI=1S/C22H16Cl2N4OS/c23-16-9-11-19(12-10-16)28-21(15-5-2-1-3-6-15)26-27-22(28)30-14-20(29)25-18-8-4-7-17(24)13-18/h1-13H,14H2,(H,25,29).